The molecule has 0 saturated heterocycles. The summed E-state index contributed by atoms with van der Waals surface area (Å²) in [6.07, 6.45) is 1.82. The molecular weight excluding hydrogens is 230 g/mol. The predicted molar refractivity (Wildman–Crippen MR) is 71.2 cm³/mol. The van der Waals surface area contributed by atoms with Gasteiger partial charge < -0.3 is 4.57 Å². The van der Waals surface area contributed by atoms with Crippen LogP contribution < -0.4 is 0 Å². The van der Waals surface area contributed by atoms with Crippen LogP contribution in [0.1, 0.15) is 19.9 Å². The normalized spacial score (nSPS) is 11.5. The third-order valence-electron chi connectivity index (χ3n) is 2.74. The maximum absolute atomic E-state index is 4.69. The fourth-order valence-corrected chi connectivity index (χ4v) is 2.67. The Balaban J connectivity index is 2.34. The van der Waals surface area contributed by atoms with Gasteiger partial charge in [-0.15, -0.1) is 11.3 Å². The zero-order chi connectivity index (χ0) is 11.8. The van der Waals surface area contributed by atoms with E-state index in [9.17, 15) is 0 Å². The zero-order valence-corrected chi connectivity index (χ0v) is 10.6. The average molecular weight is 243 g/mol. The number of imidazole rings is 1. The van der Waals surface area contributed by atoms with Crippen molar-refractivity contribution in [2.24, 2.45) is 0 Å². The number of aromatic nitrogens is 3. The highest BCUT2D eigenvalue weighted by Gasteiger charge is 2.15. The van der Waals surface area contributed by atoms with Gasteiger partial charge in [-0.25, -0.2) is 9.97 Å². The van der Waals surface area contributed by atoms with Gasteiger partial charge in [-0.1, -0.05) is 12.1 Å². The van der Waals surface area contributed by atoms with Crippen LogP contribution >= 0.6 is 11.3 Å². The molecule has 86 valence electrons. The topological polar surface area (TPSA) is 30.7 Å². The van der Waals surface area contributed by atoms with E-state index >= 15 is 0 Å². The summed E-state index contributed by atoms with van der Waals surface area (Å²) < 4.78 is 2.24. The lowest BCUT2D eigenvalue weighted by molar-refractivity contribution is 0.624. The highest BCUT2D eigenvalue weighted by atomic mass is 32.1. The van der Waals surface area contributed by atoms with Crippen molar-refractivity contribution in [2.45, 2.75) is 19.9 Å². The van der Waals surface area contributed by atoms with Crippen molar-refractivity contribution < 1.29 is 0 Å². The number of hydrogen-bond acceptors (Lipinski definition) is 3. The monoisotopic (exact) mass is 243 g/mol. The van der Waals surface area contributed by atoms with E-state index in [1.165, 1.54) is 5.52 Å². The maximum atomic E-state index is 4.69. The van der Waals surface area contributed by atoms with Gasteiger partial charge in [-0.05, 0) is 26.0 Å². The Labute approximate surface area is 104 Å². The Morgan fingerprint density at radius 2 is 2.06 bits per heavy atom. The first kappa shape index (κ1) is 10.5. The van der Waals surface area contributed by atoms with Crippen LogP contribution in [-0.2, 0) is 0 Å². The summed E-state index contributed by atoms with van der Waals surface area (Å²) in [5.74, 6) is 0.969. The zero-order valence-electron chi connectivity index (χ0n) is 9.79. The number of nitrogens with zero attached hydrogens (tertiary/aromatic N) is 3. The summed E-state index contributed by atoms with van der Waals surface area (Å²) >= 11 is 1.63. The molecule has 3 aromatic rings. The minimum atomic E-state index is 0.376. The first-order chi connectivity index (χ1) is 8.27. The standard InChI is InChI=1S/C13H13N3S/c1-9(2)16-11-6-4-3-5-10(11)15-12(16)13-14-7-8-17-13/h3-9H,1-2H3. The number of rotatable bonds is 2. The maximum Gasteiger partial charge on any atom is 0.170 e. The van der Waals surface area contributed by atoms with Crippen LogP contribution in [0, 0.1) is 0 Å². The Bertz CT molecular complexity index is 638. The van der Waals surface area contributed by atoms with E-state index in [2.05, 4.69) is 40.5 Å². The van der Waals surface area contributed by atoms with Crippen molar-refractivity contribution in [1.82, 2.24) is 14.5 Å². The van der Waals surface area contributed by atoms with Crippen LogP contribution in [0.4, 0.5) is 0 Å². The smallest absolute Gasteiger partial charge is 0.170 e. The molecular formula is C13H13N3S. The molecule has 0 amide bonds. The Morgan fingerprint density at radius 1 is 1.24 bits per heavy atom. The minimum absolute atomic E-state index is 0.376. The molecule has 0 bridgehead atoms. The van der Waals surface area contributed by atoms with E-state index in [4.69, 9.17) is 0 Å². The summed E-state index contributed by atoms with van der Waals surface area (Å²) in [4.78, 5) is 9.05. The second-order valence-corrected chi connectivity index (χ2v) is 5.12. The average Bonchev–Trinajstić information content (AvgIpc) is 2.95. The van der Waals surface area contributed by atoms with Crippen molar-refractivity contribution >= 4 is 22.4 Å². The van der Waals surface area contributed by atoms with Crippen molar-refractivity contribution in [2.75, 3.05) is 0 Å². The molecule has 3 nitrogen and oxygen atoms in total. The first-order valence-corrected chi connectivity index (χ1v) is 6.52. The van der Waals surface area contributed by atoms with Crippen molar-refractivity contribution in [3.05, 3.63) is 35.8 Å². The van der Waals surface area contributed by atoms with Gasteiger partial charge in [0.15, 0.2) is 10.8 Å². The van der Waals surface area contributed by atoms with Crippen LogP contribution in [0.5, 0.6) is 0 Å². The molecule has 1 aromatic carbocycles. The lowest BCUT2D eigenvalue weighted by Crippen LogP contribution is -2.02. The number of thiazole rings is 1. The summed E-state index contributed by atoms with van der Waals surface area (Å²) in [6.45, 7) is 4.34. The van der Waals surface area contributed by atoms with E-state index in [0.717, 1.165) is 16.3 Å². The molecule has 2 aromatic heterocycles. The van der Waals surface area contributed by atoms with E-state index in [0.29, 0.717) is 6.04 Å². The van der Waals surface area contributed by atoms with Crippen LogP contribution in [-0.4, -0.2) is 14.5 Å². The SMILES string of the molecule is CC(C)n1c(-c2nccs2)nc2ccccc21. The third kappa shape index (κ3) is 1.65. The molecule has 0 N–H and O–H groups in total. The molecule has 0 unspecified atom stereocenters. The van der Waals surface area contributed by atoms with Crippen molar-refractivity contribution in [1.29, 1.82) is 0 Å². The van der Waals surface area contributed by atoms with Crippen molar-refractivity contribution in [3.63, 3.8) is 0 Å². The highest BCUT2D eigenvalue weighted by molar-refractivity contribution is 7.13. The molecule has 0 fully saturated rings. The fraction of sp³-hybridized carbons (Fsp3) is 0.231. The summed E-state index contributed by atoms with van der Waals surface area (Å²) in [5.41, 5.74) is 2.21. The third-order valence-corrected chi connectivity index (χ3v) is 3.50. The molecule has 0 atom stereocenters. The Morgan fingerprint density at radius 3 is 2.76 bits per heavy atom. The van der Waals surface area contributed by atoms with Gasteiger partial charge in [0, 0.05) is 17.6 Å². The molecule has 0 saturated carbocycles. The Hall–Kier alpha value is -1.68. The molecule has 2 heterocycles. The largest absolute Gasteiger partial charge is 0.319 e. The number of hydrogen-bond donors (Lipinski definition) is 0. The van der Waals surface area contributed by atoms with E-state index in [-0.39, 0.29) is 0 Å². The molecule has 0 radical (unpaired) electrons. The van der Waals surface area contributed by atoms with Gasteiger partial charge in [0.25, 0.3) is 0 Å². The number of fused-ring (bicyclic) bond motifs is 1. The Kier molecular flexibility index (Phi) is 2.44. The quantitative estimate of drug-likeness (QED) is 0.686. The van der Waals surface area contributed by atoms with Crippen LogP contribution in [0.15, 0.2) is 35.8 Å². The summed E-state index contributed by atoms with van der Waals surface area (Å²) in [5, 5.41) is 2.97. The number of benzene rings is 1. The van der Waals surface area contributed by atoms with E-state index in [1.807, 2.05) is 23.7 Å². The highest BCUT2D eigenvalue weighted by Crippen LogP contribution is 2.29. The second-order valence-electron chi connectivity index (χ2n) is 4.23. The lowest BCUT2D eigenvalue weighted by atomic mass is 10.3. The van der Waals surface area contributed by atoms with Gasteiger partial charge in [0.1, 0.15) is 0 Å². The van der Waals surface area contributed by atoms with E-state index < -0.39 is 0 Å². The molecule has 0 aliphatic carbocycles. The summed E-state index contributed by atoms with van der Waals surface area (Å²) in [6, 6.07) is 8.60. The molecule has 3 rings (SSSR count). The van der Waals surface area contributed by atoms with Crippen LogP contribution in [0.3, 0.4) is 0 Å². The minimum Gasteiger partial charge on any atom is -0.319 e. The van der Waals surface area contributed by atoms with Gasteiger partial charge >= 0.3 is 0 Å². The number of para-hydroxylation sites is 2. The molecule has 0 spiro atoms. The molecule has 0 aliphatic heterocycles. The van der Waals surface area contributed by atoms with E-state index in [1.54, 1.807) is 11.3 Å². The summed E-state index contributed by atoms with van der Waals surface area (Å²) in [7, 11) is 0. The van der Waals surface area contributed by atoms with Crippen LogP contribution in [0.25, 0.3) is 21.9 Å². The van der Waals surface area contributed by atoms with Gasteiger partial charge in [-0.3, -0.25) is 0 Å². The van der Waals surface area contributed by atoms with Gasteiger partial charge in [0.05, 0.1) is 11.0 Å². The first-order valence-electron chi connectivity index (χ1n) is 5.64. The second kappa shape index (κ2) is 3.96. The molecule has 17 heavy (non-hydrogen) atoms. The lowest BCUT2D eigenvalue weighted by Gasteiger charge is -2.11. The van der Waals surface area contributed by atoms with Crippen molar-refractivity contribution in [3.8, 4) is 10.8 Å². The predicted octanol–water partition coefficient (Wildman–Crippen LogP) is 3.74. The fourth-order valence-electron chi connectivity index (χ4n) is 2.05. The van der Waals surface area contributed by atoms with Gasteiger partial charge in [-0.2, -0.15) is 0 Å². The van der Waals surface area contributed by atoms with Gasteiger partial charge in [0.2, 0.25) is 0 Å². The molecule has 0 aliphatic rings. The molecule has 4 heteroatoms. The van der Waals surface area contributed by atoms with Crippen LogP contribution in [0.2, 0.25) is 0 Å².